The number of nitrogens with one attached hydrogen (secondary N) is 1. The Morgan fingerprint density at radius 1 is 1.15 bits per heavy atom. The topological polar surface area (TPSA) is 12.0 Å². The van der Waals surface area contributed by atoms with Crippen molar-refractivity contribution in [1.29, 1.82) is 0 Å². The first-order valence-electron chi connectivity index (χ1n) is 6.44. The SMILES string of the molecule is CNCC(Cc1cccc(F)c1F)c1cccc(Br)c1. The van der Waals surface area contributed by atoms with Gasteiger partial charge in [-0.15, -0.1) is 0 Å². The van der Waals surface area contributed by atoms with Crippen LogP contribution in [0, 0.1) is 11.6 Å². The highest BCUT2D eigenvalue weighted by atomic mass is 79.9. The molecule has 0 fully saturated rings. The van der Waals surface area contributed by atoms with Gasteiger partial charge in [0.1, 0.15) is 0 Å². The van der Waals surface area contributed by atoms with Gasteiger partial charge in [-0.05, 0) is 42.8 Å². The summed E-state index contributed by atoms with van der Waals surface area (Å²) in [7, 11) is 1.85. The maximum atomic E-state index is 13.8. The van der Waals surface area contributed by atoms with E-state index in [0.717, 1.165) is 16.1 Å². The van der Waals surface area contributed by atoms with E-state index in [1.807, 2.05) is 31.3 Å². The first kappa shape index (κ1) is 15.1. The molecule has 20 heavy (non-hydrogen) atoms. The van der Waals surface area contributed by atoms with E-state index < -0.39 is 11.6 Å². The Kier molecular flexibility index (Phi) is 5.26. The van der Waals surface area contributed by atoms with Gasteiger partial charge in [0.2, 0.25) is 0 Å². The van der Waals surface area contributed by atoms with Crippen molar-refractivity contribution in [2.24, 2.45) is 0 Å². The Bertz CT molecular complexity index is 586. The summed E-state index contributed by atoms with van der Waals surface area (Å²) in [5.41, 5.74) is 1.50. The summed E-state index contributed by atoms with van der Waals surface area (Å²) in [6.07, 6.45) is 0.459. The molecular formula is C16H16BrF2N. The van der Waals surface area contributed by atoms with Crippen molar-refractivity contribution < 1.29 is 8.78 Å². The van der Waals surface area contributed by atoms with Crippen LogP contribution < -0.4 is 5.32 Å². The van der Waals surface area contributed by atoms with Gasteiger partial charge < -0.3 is 5.32 Å². The van der Waals surface area contributed by atoms with Crippen LogP contribution in [0.1, 0.15) is 17.0 Å². The quantitative estimate of drug-likeness (QED) is 0.857. The lowest BCUT2D eigenvalue weighted by Crippen LogP contribution is -2.19. The van der Waals surface area contributed by atoms with Gasteiger partial charge in [0.05, 0.1) is 0 Å². The maximum Gasteiger partial charge on any atom is 0.162 e. The molecule has 0 saturated carbocycles. The van der Waals surface area contributed by atoms with E-state index in [9.17, 15) is 8.78 Å². The molecule has 1 atom stereocenters. The van der Waals surface area contributed by atoms with Crippen molar-refractivity contribution >= 4 is 15.9 Å². The predicted octanol–water partition coefficient (Wildman–Crippen LogP) is 4.27. The minimum atomic E-state index is -0.792. The predicted molar refractivity (Wildman–Crippen MR) is 80.9 cm³/mol. The highest BCUT2D eigenvalue weighted by molar-refractivity contribution is 9.10. The Morgan fingerprint density at radius 2 is 1.90 bits per heavy atom. The molecule has 0 aliphatic carbocycles. The fourth-order valence-electron chi connectivity index (χ4n) is 2.29. The summed E-state index contributed by atoms with van der Waals surface area (Å²) in [4.78, 5) is 0. The second-order valence-electron chi connectivity index (χ2n) is 4.73. The average molecular weight is 340 g/mol. The molecule has 2 rings (SSSR count). The molecule has 0 aliphatic rings. The van der Waals surface area contributed by atoms with Crippen LogP contribution in [0.15, 0.2) is 46.9 Å². The summed E-state index contributed by atoms with van der Waals surface area (Å²) >= 11 is 3.44. The van der Waals surface area contributed by atoms with Gasteiger partial charge in [-0.3, -0.25) is 0 Å². The summed E-state index contributed by atoms with van der Waals surface area (Å²) in [5.74, 6) is -1.45. The van der Waals surface area contributed by atoms with Gasteiger partial charge in [0, 0.05) is 16.9 Å². The molecule has 1 nitrogen and oxygen atoms in total. The van der Waals surface area contributed by atoms with Crippen molar-refractivity contribution in [2.75, 3.05) is 13.6 Å². The second kappa shape index (κ2) is 6.95. The molecule has 2 aromatic rings. The van der Waals surface area contributed by atoms with Crippen LogP contribution in [0.3, 0.4) is 0 Å². The number of rotatable bonds is 5. The van der Waals surface area contributed by atoms with Crippen LogP contribution in [0.4, 0.5) is 8.78 Å². The van der Waals surface area contributed by atoms with Crippen LogP contribution in [-0.2, 0) is 6.42 Å². The standard InChI is InChI=1S/C16H16BrF2N/c1-20-10-13(11-4-2-6-14(17)9-11)8-12-5-3-7-15(18)16(12)19/h2-7,9,13,20H,8,10H2,1H3. The van der Waals surface area contributed by atoms with E-state index in [1.54, 1.807) is 12.1 Å². The zero-order valence-corrected chi connectivity index (χ0v) is 12.8. The van der Waals surface area contributed by atoms with Crippen LogP contribution in [-0.4, -0.2) is 13.6 Å². The van der Waals surface area contributed by atoms with Crippen LogP contribution in [0.25, 0.3) is 0 Å². The largest absolute Gasteiger partial charge is 0.319 e. The Morgan fingerprint density at radius 3 is 2.60 bits per heavy atom. The van der Waals surface area contributed by atoms with E-state index in [1.165, 1.54) is 0 Å². The summed E-state index contributed by atoms with van der Waals surface area (Å²) in [5, 5.41) is 3.11. The molecule has 0 saturated heterocycles. The number of hydrogen-bond acceptors (Lipinski definition) is 1. The van der Waals surface area contributed by atoms with E-state index in [2.05, 4.69) is 21.2 Å². The molecule has 0 aliphatic heterocycles. The van der Waals surface area contributed by atoms with Crippen molar-refractivity contribution in [1.82, 2.24) is 5.32 Å². The number of hydrogen-bond donors (Lipinski definition) is 1. The molecular weight excluding hydrogens is 324 g/mol. The summed E-state index contributed by atoms with van der Waals surface area (Å²) in [6.45, 7) is 0.701. The van der Waals surface area contributed by atoms with Crippen LogP contribution in [0.5, 0.6) is 0 Å². The number of halogens is 3. The zero-order chi connectivity index (χ0) is 14.5. The fourth-order valence-corrected chi connectivity index (χ4v) is 2.70. The van der Waals surface area contributed by atoms with E-state index in [4.69, 9.17) is 0 Å². The highest BCUT2D eigenvalue weighted by Crippen LogP contribution is 2.25. The third-order valence-corrected chi connectivity index (χ3v) is 3.76. The molecule has 1 N–H and O–H groups in total. The maximum absolute atomic E-state index is 13.8. The molecule has 0 heterocycles. The lowest BCUT2D eigenvalue weighted by Gasteiger charge is -2.18. The van der Waals surface area contributed by atoms with Crippen molar-refractivity contribution in [3.05, 3.63) is 69.7 Å². The second-order valence-corrected chi connectivity index (χ2v) is 5.64. The Labute approximate surface area is 126 Å². The van der Waals surface area contributed by atoms with E-state index in [0.29, 0.717) is 18.5 Å². The molecule has 4 heteroatoms. The minimum absolute atomic E-state index is 0.0915. The zero-order valence-electron chi connectivity index (χ0n) is 11.2. The highest BCUT2D eigenvalue weighted by Gasteiger charge is 2.16. The first-order chi connectivity index (χ1) is 9.61. The molecule has 0 aromatic heterocycles. The van der Waals surface area contributed by atoms with Crippen LogP contribution in [0.2, 0.25) is 0 Å². The lowest BCUT2D eigenvalue weighted by molar-refractivity contribution is 0.491. The van der Waals surface area contributed by atoms with Gasteiger partial charge >= 0.3 is 0 Å². The number of benzene rings is 2. The fraction of sp³-hybridized carbons (Fsp3) is 0.250. The monoisotopic (exact) mass is 339 g/mol. The number of likely N-dealkylation sites (N-methyl/N-ethyl adjacent to an activating group) is 1. The first-order valence-corrected chi connectivity index (χ1v) is 7.24. The molecule has 0 bridgehead atoms. The average Bonchev–Trinajstić information content (AvgIpc) is 2.43. The molecule has 0 spiro atoms. The van der Waals surface area contributed by atoms with E-state index >= 15 is 0 Å². The van der Waals surface area contributed by atoms with Crippen molar-refractivity contribution in [2.45, 2.75) is 12.3 Å². The molecule has 0 amide bonds. The van der Waals surface area contributed by atoms with Gasteiger partial charge in [-0.2, -0.15) is 0 Å². The van der Waals surface area contributed by atoms with Gasteiger partial charge in [-0.1, -0.05) is 40.2 Å². The van der Waals surface area contributed by atoms with Crippen LogP contribution >= 0.6 is 15.9 Å². The normalized spacial score (nSPS) is 12.4. The summed E-state index contributed by atoms with van der Waals surface area (Å²) in [6, 6.07) is 12.2. The molecule has 2 aromatic carbocycles. The third-order valence-electron chi connectivity index (χ3n) is 3.27. The minimum Gasteiger partial charge on any atom is -0.319 e. The van der Waals surface area contributed by atoms with Gasteiger partial charge in [0.25, 0.3) is 0 Å². The van der Waals surface area contributed by atoms with E-state index in [-0.39, 0.29) is 5.92 Å². The van der Waals surface area contributed by atoms with Crippen molar-refractivity contribution in [3.8, 4) is 0 Å². The van der Waals surface area contributed by atoms with Gasteiger partial charge in [0.15, 0.2) is 11.6 Å². The molecule has 0 radical (unpaired) electrons. The summed E-state index contributed by atoms with van der Waals surface area (Å²) < 4.78 is 28.1. The molecule has 1 unspecified atom stereocenters. The lowest BCUT2D eigenvalue weighted by atomic mass is 9.91. The Hall–Kier alpha value is -1.26. The third kappa shape index (κ3) is 3.64. The smallest absolute Gasteiger partial charge is 0.162 e. The van der Waals surface area contributed by atoms with Gasteiger partial charge in [-0.25, -0.2) is 8.78 Å². The molecule has 106 valence electrons. The van der Waals surface area contributed by atoms with Crippen molar-refractivity contribution in [3.63, 3.8) is 0 Å². The Balaban J connectivity index is 2.28.